The molecular formula is C34H43F3N5O6PS. The molecule has 1 aromatic heterocycles. The highest BCUT2D eigenvalue weighted by Crippen LogP contribution is 2.61. The van der Waals surface area contributed by atoms with E-state index in [2.05, 4.69) is 20.6 Å². The van der Waals surface area contributed by atoms with Crippen molar-refractivity contribution in [1.29, 1.82) is 0 Å². The van der Waals surface area contributed by atoms with Crippen LogP contribution in [0.1, 0.15) is 90.9 Å². The monoisotopic (exact) mass is 737 g/mol. The molecule has 1 amide bonds. The first kappa shape index (κ1) is 37.9. The van der Waals surface area contributed by atoms with E-state index in [1.54, 1.807) is 43.6 Å². The normalized spacial score (nSPS) is 18.3. The minimum Gasteiger partial charge on any atom is -0.495 e. The minimum atomic E-state index is -4.81. The van der Waals surface area contributed by atoms with Gasteiger partial charge in [0.1, 0.15) is 17.1 Å². The molecule has 50 heavy (non-hydrogen) atoms. The van der Waals surface area contributed by atoms with E-state index < -0.39 is 30.3 Å². The van der Waals surface area contributed by atoms with Crippen LogP contribution in [0.4, 0.5) is 36.3 Å². The Morgan fingerprint density at radius 1 is 1.06 bits per heavy atom. The predicted octanol–water partition coefficient (Wildman–Crippen LogP) is 8.13. The SMILES string of the molecule is CCC(CC)(c1ccc(Nc2ncc(C(F)(F)F)c(Nc3ccc(C4CCC(OCSC)CC4)c4c3C(=O)N(C)C4)n2)c(OC)c1)P(=O)(O)O. The molecule has 5 rings (SSSR count). The first-order valence-corrected chi connectivity index (χ1v) is 19.4. The summed E-state index contributed by atoms with van der Waals surface area (Å²) >= 11 is 1.63. The summed E-state index contributed by atoms with van der Waals surface area (Å²) in [7, 11) is -1.55. The zero-order valence-electron chi connectivity index (χ0n) is 28.6. The van der Waals surface area contributed by atoms with Gasteiger partial charge in [0.05, 0.1) is 41.2 Å². The summed E-state index contributed by atoms with van der Waals surface area (Å²) in [5, 5.41) is 4.25. The van der Waals surface area contributed by atoms with E-state index in [-0.39, 0.29) is 53.8 Å². The zero-order chi connectivity index (χ0) is 36.4. The Balaban J connectivity index is 1.48. The van der Waals surface area contributed by atoms with Crippen LogP contribution < -0.4 is 15.4 Å². The van der Waals surface area contributed by atoms with Crippen LogP contribution in [0.2, 0.25) is 0 Å². The number of rotatable bonds is 13. The van der Waals surface area contributed by atoms with Crippen LogP contribution in [-0.2, 0) is 27.2 Å². The molecule has 0 atom stereocenters. The van der Waals surface area contributed by atoms with Gasteiger partial charge in [0.25, 0.3) is 5.91 Å². The van der Waals surface area contributed by atoms with Crippen molar-refractivity contribution < 1.29 is 41.8 Å². The molecule has 0 spiro atoms. The summed E-state index contributed by atoms with van der Waals surface area (Å²) in [6, 6.07) is 8.09. The number of aromatic nitrogens is 2. The molecule has 0 saturated heterocycles. The molecule has 0 bridgehead atoms. The van der Waals surface area contributed by atoms with E-state index in [0.29, 0.717) is 29.8 Å². The van der Waals surface area contributed by atoms with E-state index >= 15 is 0 Å². The lowest BCUT2D eigenvalue weighted by atomic mass is 9.80. The number of thioether (sulfide) groups is 1. The average Bonchev–Trinajstić information content (AvgIpc) is 3.38. The number of halogens is 3. The first-order chi connectivity index (χ1) is 23.7. The smallest absolute Gasteiger partial charge is 0.421 e. The zero-order valence-corrected chi connectivity index (χ0v) is 30.3. The third-order valence-corrected chi connectivity index (χ3v) is 12.3. The van der Waals surface area contributed by atoms with Crippen molar-refractivity contribution in [3.05, 3.63) is 64.3 Å². The molecule has 11 nitrogen and oxygen atoms in total. The molecule has 2 heterocycles. The summed E-state index contributed by atoms with van der Waals surface area (Å²) in [6.45, 7) is 3.73. The van der Waals surface area contributed by atoms with Crippen LogP contribution >= 0.6 is 19.4 Å². The van der Waals surface area contributed by atoms with Crippen LogP contribution in [0.5, 0.6) is 5.75 Å². The number of anilines is 4. The molecule has 272 valence electrons. The van der Waals surface area contributed by atoms with Gasteiger partial charge in [-0.2, -0.15) is 18.2 Å². The highest BCUT2D eigenvalue weighted by atomic mass is 32.2. The second-order valence-electron chi connectivity index (χ2n) is 12.7. The average molecular weight is 738 g/mol. The van der Waals surface area contributed by atoms with E-state index in [4.69, 9.17) is 9.47 Å². The first-order valence-electron chi connectivity index (χ1n) is 16.4. The lowest BCUT2D eigenvalue weighted by Gasteiger charge is -2.33. The molecule has 2 aliphatic rings. The summed E-state index contributed by atoms with van der Waals surface area (Å²) in [6.07, 6.45) is 1.92. The third-order valence-electron chi connectivity index (χ3n) is 9.90. The molecule has 1 fully saturated rings. The van der Waals surface area contributed by atoms with E-state index in [0.717, 1.165) is 36.8 Å². The van der Waals surface area contributed by atoms with Gasteiger partial charge in [-0.25, -0.2) is 4.98 Å². The number of amides is 1. The van der Waals surface area contributed by atoms with Gasteiger partial charge in [-0.05, 0) is 85.6 Å². The van der Waals surface area contributed by atoms with Crippen LogP contribution in [-0.4, -0.2) is 63.0 Å². The molecule has 0 unspecified atom stereocenters. The maximum absolute atomic E-state index is 14.3. The van der Waals surface area contributed by atoms with Crippen LogP contribution in [0.25, 0.3) is 0 Å². The molecule has 1 saturated carbocycles. The number of fused-ring (bicyclic) bond motifs is 1. The van der Waals surface area contributed by atoms with E-state index in [9.17, 15) is 32.3 Å². The molecular weight excluding hydrogens is 694 g/mol. The molecule has 1 aliphatic heterocycles. The lowest BCUT2D eigenvalue weighted by molar-refractivity contribution is -0.137. The number of carbonyl (C=O) groups excluding carboxylic acids is 1. The maximum Gasteiger partial charge on any atom is 0.421 e. The molecule has 0 radical (unpaired) electrons. The minimum absolute atomic E-state index is 0.165. The molecule has 16 heteroatoms. The van der Waals surface area contributed by atoms with Crippen molar-refractivity contribution >= 4 is 48.4 Å². The number of methoxy groups -OCH3 is 1. The van der Waals surface area contributed by atoms with Gasteiger partial charge >= 0.3 is 13.8 Å². The standard InChI is InChI=1S/C34H43F3N5O6PS/c1-6-33(7-2,49(44,45)46)21-10-14-26(28(16-21)47-4)40-32-38-17-25(34(35,36)37)30(41-32)39-27-15-13-23(24-18-42(3)31(43)29(24)27)20-8-11-22(12-9-20)48-19-50-5/h10,13-17,20,22H,6-9,11-12,18-19H2,1-5H3,(H2,44,45,46)(H2,38,39,40,41). The highest BCUT2D eigenvalue weighted by molar-refractivity contribution is 7.98. The number of hydrogen-bond acceptors (Lipinski definition) is 9. The maximum atomic E-state index is 14.3. The molecule has 1 aliphatic carbocycles. The van der Waals surface area contributed by atoms with Gasteiger partial charge < -0.3 is 34.8 Å². The Bertz CT molecular complexity index is 1760. The number of nitrogens with one attached hydrogen (secondary N) is 2. The Morgan fingerprint density at radius 2 is 1.74 bits per heavy atom. The van der Waals surface area contributed by atoms with Crippen LogP contribution in [0, 0.1) is 0 Å². The number of hydrogen-bond donors (Lipinski definition) is 4. The number of ether oxygens (including phenoxy) is 2. The summed E-state index contributed by atoms with van der Waals surface area (Å²) < 4.78 is 66.7. The molecule has 2 aromatic carbocycles. The van der Waals surface area contributed by atoms with Crippen LogP contribution in [0.3, 0.4) is 0 Å². The van der Waals surface area contributed by atoms with Gasteiger partial charge in [0.2, 0.25) is 5.95 Å². The Kier molecular flexibility index (Phi) is 11.4. The fraction of sp³-hybridized carbons (Fsp3) is 0.500. The number of alkyl halides is 3. The topological polar surface area (TPSA) is 146 Å². The quantitative estimate of drug-likeness (QED) is 0.0996. The second-order valence-corrected chi connectivity index (χ2v) is 15.4. The predicted molar refractivity (Wildman–Crippen MR) is 188 cm³/mol. The number of benzene rings is 2. The number of nitrogens with zero attached hydrogens (tertiary/aromatic N) is 3. The Labute approximate surface area is 293 Å². The fourth-order valence-electron chi connectivity index (χ4n) is 7.08. The number of carbonyl (C=O) groups is 1. The van der Waals surface area contributed by atoms with E-state index in [1.807, 2.05) is 12.3 Å². The van der Waals surface area contributed by atoms with Crippen molar-refractivity contribution in [3.63, 3.8) is 0 Å². The van der Waals surface area contributed by atoms with Gasteiger partial charge in [-0.1, -0.05) is 26.0 Å². The van der Waals surface area contributed by atoms with Crippen molar-refractivity contribution in [2.45, 2.75) is 82.3 Å². The highest BCUT2D eigenvalue weighted by Gasteiger charge is 2.45. The largest absolute Gasteiger partial charge is 0.495 e. The molecule has 3 aromatic rings. The van der Waals surface area contributed by atoms with Crippen molar-refractivity contribution in [2.75, 3.05) is 37.0 Å². The Hall–Kier alpha value is -3.36. The van der Waals surface area contributed by atoms with Gasteiger partial charge in [0.15, 0.2) is 0 Å². The van der Waals surface area contributed by atoms with Gasteiger partial charge in [-0.15, -0.1) is 11.8 Å². The van der Waals surface area contributed by atoms with Gasteiger partial charge in [-0.3, -0.25) is 9.36 Å². The summed E-state index contributed by atoms with van der Waals surface area (Å²) in [5.41, 5.74) is 1.86. The summed E-state index contributed by atoms with van der Waals surface area (Å²) in [5.74, 6) is -0.00948. The van der Waals surface area contributed by atoms with Crippen molar-refractivity contribution in [2.24, 2.45) is 0 Å². The van der Waals surface area contributed by atoms with Crippen molar-refractivity contribution in [1.82, 2.24) is 14.9 Å². The molecule has 4 N–H and O–H groups in total. The second kappa shape index (κ2) is 15.1. The van der Waals surface area contributed by atoms with E-state index in [1.165, 1.54) is 25.3 Å². The van der Waals surface area contributed by atoms with Crippen LogP contribution in [0.15, 0.2) is 36.5 Å². The third kappa shape index (κ3) is 7.48. The van der Waals surface area contributed by atoms with Gasteiger partial charge in [0, 0.05) is 19.8 Å². The lowest BCUT2D eigenvalue weighted by Crippen LogP contribution is -2.24. The Morgan fingerprint density at radius 3 is 2.34 bits per heavy atom. The van der Waals surface area contributed by atoms with Crippen molar-refractivity contribution in [3.8, 4) is 5.75 Å². The fourth-order valence-corrected chi connectivity index (χ4v) is 8.71. The summed E-state index contributed by atoms with van der Waals surface area (Å²) in [4.78, 5) is 43.5.